The van der Waals surface area contributed by atoms with Crippen molar-refractivity contribution in [2.24, 2.45) is 0 Å². The molecule has 0 aliphatic heterocycles. The van der Waals surface area contributed by atoms with Crippen molar-refractivity contribution in [1.82, 2.24) is 0 Å². The van der Waals surface area contributed by atoms with Gasteiger partial charge in [0.2, 0.25) is 0 Å². The average Bonchev–Trinajstić information content (AvgIpc) is 0.811. The average molecular weight is 130 g/mol. The molecule has 3 N–H and O–H groups in total. The molecule has 0 aliphatic rings. The van der Waals surface area contributed by atoms with Gasteiger partial charge in [0, 0.05) is 21.7 Å². The second kappa shape index (κ2) is 5.02. The Labute approximate surface area is 45.5 Å². The summed E-state index contributed by atoms with van der Waals surface area (Å²) in [5, 5.41) is 0. The van der Waals surface area contributed by atoms with Crippen molar-refractivity contribution in [3.8, 4) is 0 Å². The molecule has 0 rings (SSSR count). The molecule has 0 fully saturated rings. The smallest absolute Gasteiger partial charge is 0.324 e. The van der Waals surface area contributed by atoms with Crippen LogP contribution in [0.15, 0.2) is 0 Å². The summed E-state index contributed by atoms with van der Waals surface area (Å²) in [5.41, 5.74) is 0. The van der Waals surface area contributed by atoms with E-state index in [2.05, 4.69) is 0 Å². The Kier molecular flexibility index (Phi) is 9.44. The predicted molar refractivity (Wildman–Crippen MR) is 13.6 cm³/mol. The van der Waals surface area contributed by atoms with Crippen molar-refractivity contribution in [3.05, 3.63) is 0 Å². The summed E-state index contributed by atoms with van der Waals surface area (Å²) in [5.74, 6) is 0. The van der Waals surface area contributed by atoms with E-state index in [0.29, 0.717) is 0 Å². The van der Waals surface area contributed by atoms with E-state index in [1.165, 1.54) is 0 Å². The molecular weight excluding hydrogens is 127 g/mol. The van der Waals surface area contributed by atoms with Gasteiger partial charge in [-0.2, -0.15) is 0 Å². The standard InChI is InChI=1S/H3O3P.Ti/c1-4(2)3;/h1-3H;. The molecule has 0 atom stereocenters. The SMILES string of the molecule is OP(O)O.[Ti]. The first kappa shape index (κ1) is 9.39. The van der Waals surface area contributed by atoms with Gasteiger partial charge in [0.25, 0.3) is 0 Å². The second-order valence-electron chi connectivity index (χ2n) is 0.268. The van der Waals surface area contributed by atoms with Gasteiger partial charge >= 0.3 is 8.60 Å². The van der Waals surface area contributed by atoms with Crippen LogP contribution < -0.4 is 0 Å². The van der Waals surface area contributed by atoms with Crippen LogP contribution in [0.1, 0.15) is 0 Å². The van der Waals surface area contributed by atoms with Crippen LogP contribution in [0.2, 0.25) is 0 Å². The molecule has 0 aromatic rings. The van der Waals surface area contributed by atoms with Crippen LogP contribution in [0.5, 0.6) is 0 Å². The van der Waals surface area contributed by atoms with E-state index in [1.54, 1.807) is 0 Å². The Morgan fingerprint density at radius 3 is 1.00 bits per heavy atom. The fourth-order valence-electron chi connectivity index (χ4n) is 0. The third-order valence-electron chi connectivity index (χ3n) is 0. The zero-order valence-corrected chi connectivity index (χ0v) is 4.74. The summed E-state index contributed by atoms with van der Waals surface area (Å²) >= 11 is 0. The van der Waals surface area contributed by atoms with Gasteiger partial charge in [0.1, 0.15) is 0 Å². The van der Waals surface area contributed by atoms with Crippen LogP contribution in [-0.4, -0.2) is 14.7 Å². The first-order chi connectivity index (χ1) is 1.73. The zero-order chi connectivity index (χ0) is 3.58. The number of hydrogen-bond donors (Lipinski definition) is 3. The summed E-state index contributed by atoms with van der Waals surface area (Å²) in [6, 6.07) is 0. The third-order valence-corrected chi connectivity index (χ3v) is 0. The van der Waals surface area contributed by atoms with Crippen LogP contribution in [-0.2, 0) is 21.7 Å². The third kappa shape index (κ3) is 43.8. The molecule has 0 amide bonds. The van der Waals surface area contributed by atoms with Crippen LogP contribution in [0.4, 0.5) is 0 Å². The second-order valence-corrected chi connectivity index (χ2v) is 0.805. The van der Waals surface area contributed by atoms with Gasteiger partial charge in [-0.3, -0.25) is 0 Å². The molecule has 0 aliphatic carbocycles. The molecule has 3 nitrogen and oxygen atoms in total. The molecule has 0 spiro atoms. The van der Waals surface area contributed by atoms with Gasteiger partial charge in [-0.25, -0.2) is 0 Å². The predicted octanol–water partition coefficient (Wildman–Crippen LogP) is -0.812. The quantitative estimate of drug-likeness (QED) is 0.296. The van der Waals surface area contributed by atoms with Gasteiger partial charge in [0.05, 0.1) is 0 Å². The number of hydrogen-bond acceptors (Lipinski definition) is 3. The van der Waals surface area contributed by atoms with Crippen LogP contribution in [0.25, 0.3) is 0 Å². The van der Waals surface area contributed by atoms with Crippen LogP contribution >= 0.6 is 8.60 Å². The van der Waals surface area contributed by atoms with E-state index in [-0.39, 0.29) is 21.7 Å². The minimum Gasteiger partial charge on any atom is -0.328 e. The Balaban J connectivity index is 0. The van der Waals surface area contributed by atoms with E-state index < -0.39 is 8.60 Å². The van der Waals surface area contributed by atoms with E-state index >= 15 is 0 Å². The Morgan fingerprint density at radius 2 is 1.00 bits per heavy atom. The van der Waals surface area contributed by atoms with E-state index in [4.69, 9.17) is 14.7 Å². The Bertz CT molecular complexity index is 11.6. The fraction of sp³-hybridized carbons (Fsp3) is 0. The van der Waals surface area contributed by atoms with Crippen LogP contribution in [0.3, 0.4) is 0 Å². The van der Waals surface area contributed by atoms with Crippen molar-refractivity contribution >= 4 is 8.60 Å². The van der Waals surface area contributed by atoms with Crippen molar-refractivity contribution < 1.29 is 36.4 Å². The fourth-order valence-corrected chi connectivity index (χ4v) is 0. The summed E-state index contributed by atoms with van der Waals surface area (Å²) in [7, 11) is -2.62. The molecule has 30 valence electrons. The number of rotatable bonds is 0. The van der Waals surface area contributed by atoms with Crippen molar-refractivity contribution in [2.45, 2.75) is 0 Å². The van der Waals surface area contributed by atoms with Gasteiger partial charge < -0.3 is 14.7 Å². The molecule has 0 unspecified atom stereocenters. The van der Waals surface area contributed by atoms with E-state index in [9.17, 15) is 0 Å². The van der Waals surface area contributed by atoms with Gasteiger partial charge in [-0.1, -0.05) is 0 Å². The normalized spacial score (nSPS) is 7.20. The maximum Gasteiger partial charge on any atom is 0.324 e. The van der Waals surface area contributed by atoms with Crippen molar-refractivity contribution in [3.63, 3.8) is 0 Å². The first-order valence-corrected chi connectivity index (χ1v) is 1.80. The van der Waals surface area contributed by atoms with Crippen LogP contribution in [0, 0.1) is 0 Å². The zero-order valence-electron chi connectivity index (χ0n) is 2.29. The van der Waals surface area contributed by atoms with Crippen molar-refractivity contribution in [1.29, 1.82) is 0 Å². The Hall–Kier alpha value is 1.02. The maximum absolute atomic E-state index is 7.23. The minimum absolute atomic E-state index is 0. The van der Waals surface area contributed by atoms with E-state index in [0.717, 1.165) is 0 Å². The van der Waals surface area contributed by atoms with Gasteiger partial charge in [-0.05, 0) is 0 Å². The maximum atomic E-state index is 7.23. The van der Waals surface area contributed by atoms with Gasteiger partial charge in [0.15, 0.2) is 0 Å². The molecule has 5 heteroatoms. The van der Waals surface area contributed by atoms with Crippen molar-refractivity contribution in [2.75, 3.05) is 0 Å². The molecule has 0 heterocycles. The summed E-state index contributed by atoms with van der Waals surface area (Å²) in [6.07, 6.45) is 0. The molecule has 0 aromatic carbocycles. The summed E-state index contributed by atoms with van der Waals surface area (Å²) in [4.78, 5) is 21.7. The molecule has 0 bridgehead atoms. The molecular formula is H3O3PTi. The molecule has 0 saturated heterocycles. The first-order valence-electron chi connectivity index (χ1n) is 0.600. The Morgan fingerprint density at radius 1 is 1.00 bits per heavy atom. The molecule has 0 aromatic heterocycles. The van der Waals surface area contributed by atoms with E-state index in [1.807, 2.05) is 0 Å². The monoisotopic (exact) mass is 130 g/mol. The minimum atomic E-state index is -2.62. The molecule has 5 heavy (non-hydrogen) atoms. The molecule has 0 saturated carbocycles. The summed E-state index contributed by atoms with van der Waals surface area (Å²) < 4.78 is 0. The summed E-state index contributed by atoms with van der Waals surface area (Å²) in [6.45, 7) is 0. The largest absolute Gasteiger partial charge is 0.328 e. The topological polar surface area (TPSA) is 60.7 Å². The van der Waals surface area contributed by atoms with Gasteiger partial charge in [-0.15, -0.1) is 0 Å². The molecule has 0 radical (unpaired) electrons.